The smallest absolute Gasteiger partial charge is 0.119 e. The van der Waals surface area contributed by atoms with Crippen LogP contribution in [-0.2, 0) is 17.7 Å². The van der Waals surface area contributed by atoms with Crippen molar-refractivity contribution in [1.29, 1.82) is 0 Å². The van der Waals surface area contributed by atoms with Crippen molar-refractivity contribution < 1.29 is 4.74 Å². The van der Waals surface area contributed by atoms with Crippen molar-refractivity contribution in [1.82, 2.24) is 9.80 Å². The maximum Gasteiger partial charge on any atom is 0.119 e. The molecule has 0 radical (unpaired) electrons. The van der Waals surface area contributed by atoms with Crippen molar-refractivity contribution in [2.75, 3.05) is 51.4 Å². The second-order valence-electron chi connectivity index (χ2n) is 7.94. The van der Waals surface area contributed by atoms with E-state index in [1.54, 1.807) is 0 Å². The van der Waals surface area contributed by atoms with Gasteiger partial charge in [0.25, 0.3) is 0 Å². The predicted molar refractivity (Wildman–Crippen MR) is 96.0 cm³/mol. The summed E-state index contributed by atoms with van der Waals surface area (Å²) in [4.78, 5) is 7.34. The Balaban J connectivity index is 1.60. The summed E-state index contributed by atoms with van der Waals surface area (Å²) in [6, 6.07) is 7.00. The second-order valence-corrected chi connectivity index (χ2v) is 7.94. The topological polar surface area (TPSA) is 19.0 Å². The largest absolute Gasteiger partial charge is 0.356 e. The van der Waals surface area contributed by atoms with E-state index in [2.05, 4.69) is 60.7 Å². The molecule has 2 aliphatic rings. The molecule has 4 nitrogen and oxygen atoms in total. The molecule has 0 atom stereocenters. The molecule has 0 spiro atoms. The molecule has 0 N–H and O–H groups in total. The standard InChI is InChI=1S/C19H31N3O/c1-19(2,3)23-15-22-8-7-17-13-16(5-6-18(17)22)14-21-11-9-20(4)10-12-21/h5-6,13H,7-12,14-15H2,1-4H3. The fraction of sp³-hybridized carbons (Fsp3) is 0.684. The van der Waals surface area contributed by atoms with Crippen molar-refractivity contribution in [3.63, 3.8) is 0 Å². The lowest BCUT2D eigenvalue weighted by Crippen LogP contribution is -2.43. The minimum absolute atomic E-state index is 0.0792. The fourth-order valence-corrected chi connectivity index (χ4v) is 3.29. The molecule has 0 bridgehead atoms. The number of benzene rings is 1. The van der Waals surface area contributed by atoms with Crippen LogP contribution in [0.4, 0.5) is 5.69 Å². The number of hydrogen-bond donors (Lipinski definition) is 0. The highest BCUT2D eigenvalue weighted by atomic mass is 16.5. The highest BCUT2D eigenvalue weighted by Gasteiger charge is 2.22. The van der Waals surface area contributed by atoms with Crippen LogP contribution < -0.4 is 4.90 Å². The number of nitrogens with zero attached hydrogens (tertiary/aromatic N) is 3. The van der Waals surface area contributed by atoms with Gasteiger partial charge in [-0.15, -0.1) is 0 Å². The number of fused-ring (bicyclic) bond motifs is 1. The van der Waals surface area contributed by atoms with Gasteiger partial charge >= 0.3 is 0 Å². The highest BCUT2D eigenvalue weighted by Crippen LogP contribution is 2.29. The Morgan fingerprint density at radius 1 is 1.04 bits per heavy atom. The van der Waals surface area contributed by atoms with Gasteiger partial charge in [0, 0.05) is 45.0 Å². The molecule has 1 aromatic rings. The van der Waals surface area contributed by atoms with Gasteiger partial charge < -0.3 is 14.5 Å². The zero-order valence-electron chi connectivity index (χ0n) is 15.1. The number of rotatable bonds is 4. The molecule has 1 saturated heterocycles. The van der Waals surface area contributed by atoms with E-state index in [9.17, 15) is 0 Å². The maximum atomic E-state index is 5.94. The first kappa shape index (κ1) is 16.7. The normalized spacial score (nSPS) is 20.1. The van der Waals surface area contributed by atoms with E-state index in [0.717, 1.165) is 19.5 Å². The summed E-state index contributed by atoms with van der Waals surface area (Å²) in [6.45, 7) is 13.9. The van der Waals surface area contributed by atoms with Crippen LogP contribution in [0, 0.1) is 0 Å². The number of ether oxygens (including phenoxy) is 1. The molecule has 0 unspecified atom stereocenters. The molecule has 3 rings (SSSR count). The van der Waals surface area contributed by atoms with Gasteiger partial charge in [0.1, 0.15) is 6.73 Å². The lowest BCUT2D eigenvalue weighted by Gasteiger charge is -2.32. The summed E-state index contributed by atoms with van der Waals surface area (Å²) in [6.07, 6.45) is 1.14. The van der Waals surface area contributed by atoms with Crippen molar-refractivity contribution in [2.24, 2.45) is 0 Å². The van der Waals surface area contributed by atoms with E-state index in [4.69, 9.17) is 4.74 Å². The highest BCUT2D eigenvalue weighted by molar-refractivity contribution is 5.58. The quantitative estimate of drug-likeness (QED) is 0.849. The Kier molecular flexibility index (Phi) is 4.95. The molecule has 2 heterocycles. The monoisotopic (exact) mass is 317 g/mol. The average Bonchev–Trinajstić information content (AvgIpc) is 2.89. The molecular weight excluding hydrogens is 286 g/mol. The first-order valence-corrected chi connectivity index (χ1v) is 8.82. The number of piperazine rings is 1. The third-order valence-corrected chi connectivity index (χ3v) is 4.79. The summed E-state index contributed by atoms with van der Waals surface area (Å²) in [5, 5.41) is 0. The van der Waals surface area contributed by atoms with Crippen LogP contribution in [0.15, 0.2) is 18.2 Å². The molecule has 1 aromatic carbocycles. The molecule has 0 aliphatic carbocycles. The Labute approximate surface area is 141 Å². The molecule has 0 aromatic heterocycles. The van der Waals surface area contributed by atoms with E-state index in [0.29, 0.717) is 6.73 Å². The Bertz CT molecular complexity index is 530. The molecule has 2 aliphatic heterocycles. The van der Waals surface area contributed by atoms with Crippen LogP contribution in [0.25, 0.3) is 0 Å². The average molecular weight is 317 g/mol. The van der Waals surface area contributed by atoms with Crippen molar-refractivity contribution >= 4 is 5.69 Å². The van der Waals surface area contributed by atoms with E-state index in [1.165, 1.54) is 43.0 Å². The van der Waals surface area contributed by atoms with Gasteiger partial charge in [0.15, 0.2) is 0 Å². The van der Waals surface area contributed by atoms with Gasteiger partial charge in [-0.05, 0) is 51.4 Å². The number of hydrogen-bond acceptors (Lipinski definition) is 4. The molecule has 0 amide bonds. The summed E-state index contributed by atoms with van der Waals surface area (Å²) in [5.74, 6) is 0. The second kappa shape index (κ2) is 6.80. The number of likely N-dealkylation sites (N-methyl/N-ethyl adjacent to an activating group) is 1. The molecule has 128 valence electrons. The van der Waals surface area contributed by atoms with E-state index in [-0.39, 0.29) is 5.60 Å². The fourth-order valence-electron chi connectivity index (χ4n) is 3.29. The van der Waals surface area contributed by atoms with E-state index >= 15 is 0 Å². The van der Waals surface area contributed by atoms with E-state index in [1.807, 2.05) is 0 Å². The zero-order chi connectivity index (χ0) is 16.4. The first-order chi connectivity index (χ1) is 10.9. The van der Waals surface area contributed by atoms with Crippen LogP contribution >= 0.6 is 0 Å². The van der Waals surface area contributed by atoms with Gasteiger partial charge in [-0.25, -0.2) is 0 Å². The Morgan fingerprint density at radius 2 is 1.78 bits per heavy atom. The Hall–Kier alpha value is -1.10. The lowest BCUT2D eigenvalue weighted by molar-refractivity contribution is -0.00167. The third kappa shape index (κ3) is 4.46. The molecular formula is C19H31N3O. The SMILES string of the molecule is CN1CCN(Cc2ccc3c(c2)CCN3COC(C)(C)C)CC1. The van der Waals surface area contributed by atoms with Gasteiger partial charge in [-0.1, -0.05) is 12.1 Å². The van der Waals surface area contributed by atoms with Crippen LogP contribution in [-0.4, -0.2) is 61.9 Å². The predicted octanol–water partition coefficient (Wildman–Crippen LogP) is 2.57. The van der Waals surface area contributed by atoms with Crippen LogP contribution in [0.5, 0.6) is 0 Å². The van der Waals surface area contributed by atoms with E-state index < -0.39 is 0 Å². The summed E-state index contributed by atoms with van der Waals surface area (Å²) in [5.41, 5.74) is 4.21. The van der Waals surface area contributed by atoms with Crippen molar-refractivity contribution in [3.8, 4) is 0 Å². The van der Waals surface area contributed by atoms with Crippen molar-refractivity contribution in [3.05, 3.63) is 29.3 Å². The molecule has 4 heteroatoms. The minimum atomic E-state index is -0.0792. The Morgan fingerprint density at radius 3 is 2.48 bits per heavy atom. The maximum absolute atomic E-state index is 5.94. The van der Waals surface area contributed by atoms with Gasteiger partial charge in [0.05, 0.1) is 5.60 Å². The third-order valence-electron chi connectivity index (χ3n) is 4.79. The summed E-state index contributed by atoms with van der Waals surface area (Å²) < 4.78 is 5.94. The summed E-state index contributed by atoms with van der Waals surface area (Å²) >= 11 is 0. The minimum Gasteiger partial charge on any atom is -0.356 e. The molecule has 1 fully saturated rings. The zero-order valence-corrected chi connectivity index (χ0v) is 15.1. The summed E-state index contributed by atoms with van der Waals surface area (Å²) in [7, 11) is 2.21. The lowest BCUT2D eigenvalue weighted by atomic mass is 10.1. The van der Waals surface area contributed by atoms with Gasteiger partial charge in [-0.2, -0.15) is 0 Å². The first-order valence-electron chi connectivity index (χ1n) is 8.82. The van der Waals surface area contributed by atoms with Crippen LogP contribution in [0.1, 0.15) is 31.9 Å². The van der Waals surface area contributed by atoms with Crippen molar-refractivity contribution in [2.45, 2.75) is 39.3 Å². The van der Waals surface area contributed by atoms with Crippen LogP contribution in [0.3, 0.4) is 0 Å². The number of anilines is 1. The molecule has 0 saturated carbocycles. The van der Waals surface area contributed by atoms with Crippen LogP contribution in [0.2, 0.25) is 0 Å². The van der Waals surface area contributed by atoms with Gasteiger partial charge in [-0.3, -0.25) is 4.90 Å². The molecule has 23 heavy (non-hydrogen) atoms. The van der Waals surface area contributed by atoms with Gasteiger partial charge in [0.2, 0.25) is 0 Å².